The zero-order valence-electron chi connectivity index (χ0n) is 16.2. The van der Waals surface area contributed by atoms with E-state index < -0.39 is 0 Å². The van der Waals surface area contributed by atoms with Crippen molar-refractivity contribution in [2.45, 2.75) is 39.5 Å². The molecule has 0 spiro atoms. The van der Waals surface area contributed by atoms with E-state index in [1.54, 1.807) is 0 Å². The molecule has 1 heterocycles. The van der Waals surface area contributed by atoms with Gasteiger partial charge in [-0.15, -0.1) is 0 Å². The molecule has 0 fully saturated rings. The fourth-order valence-electron chi connectivity index (χ4n) is 3.39. The number of amides is 1. The number of ether oxygens (including phenoxy) is 3. The molecule has 2 aromatic carbocycles. The highest BCUT2D eigenvalue weighted by Gasteiger charge is 2.30. The second kappa shape index (κ2) is 8.80. The smallest absolute Gasteiger partial charge is 0.225 e. The molecule has 2 aromatic rings. The maximum atomic E-state index is 12.4. The van der Waals surface area contributed by atoms with Gasteiger partial charge in [-0.3, -0.25) is 4.79 Å². The monoisotopic (exact) mass is 369 g/mol. The summed E-state index contributed by atoms with van der Waals surface area (Å²) < 4.78 is 17.4. The molecular weight excluding hydrogens is 342 g/mol. The molecule has 1 N–H and O–H groups in total. The Balaban J connectivity index is 2.07. The van der Waals surface area contributed by atoms with E-state index in [9.17, 15) is 4.79 Å². The fraction of sp³-hybridized carbons (Fsp3) is 0.409. The lowest BCUT2D eigenvalue weighted by atomic mass is 9.84. The predicted molar refractivity (Wildman–Crippen MR) is 106 cm³/mol. The molecule has 144 valence electrons. The molecule has 0 radical (unpaired) electrons. The molecule has 0 saturated carbocycles. The van der Waals surface area contributed by atoms with Crippen LogP contribution in [0.1, 0.15) is 50.7 Å². The normalized spacial score (nSPS) is 15.7. The molecule has 0 aliphatic carbocycles. The number of para-hydroxylation sites is 1. The molecular formula is C22H27NO4. The third kappa shape index (κ3) is 4.18. The number of benzene rings is 2. The van der Waals surface area contributed by atoms with Crippen molar-refractivity contribution in [2.24, 2.45) is 0 Å². The third-order valence-corrected chi connectivity index (χ3v) is 4.51. The van der Waals surface area contributed by atoms with Crippen molar-refractivity contribution in [1.82, 2.24) is 0 Å². The third-order valence-electron chi connectivity index (χ3n) is 4.51. The summed E-state index contributed by atoms with van der Waals surface area (Å²) in [6.07, 6.45) is 1.31. The van der Waals surface area contributed by atoms with Gasteiger partial charge in [-0.1, -0.05) is 25.1 Å². The average Bonchev–Trinajstić information content (AvgIpc) is 2.67. The Hall–Kier alpha value is -2.69. The lowest BCUT2D eigenvalue weighted by Gasteiger charge is -2.28. The Bertz CT molecular complexity index is 803. The van der Waals surface area contributed by atoms with Crippen LogP contribution in [0.25, 0.3) is 0 Å². The minimum Gasteiger partial charge on any atom is -0.493 e. The van der Waals surface area contributed by atoms with Crippen molar-refractivity contribution >= 4 is 11.6 Å². The molecule has 3 rings (SSSR count). The van der Waals surface area contributed by atoms with E-state index in [0.717, 1.165) is 29.0 Å². The first-order valence-corrected chi connectivity index (χ1v) is 9.63. The van der Waals surface area contributed by atoms with Crippen LogP contribution in [0.2, 0.25) is 0 Å². The number of carbonyl (C=O) groups is 1. The minimum absolute atomic E-state index is 0.00981. The molecule has 0 bridgehead atoms. The van der Waals surface area contributed by atoms with Crippen LogP contribution in [0.3, 0.4) is 0 Å². The number of hydrogen-bond acceptors (Lipinski definition) is 4. The molecule has 0 saturated heterocycles. The van der Waals surface area contributed by atoms with E-state index in [4.69, 9.17) is 14.2 Å². The van der Waals surface area contributed by atoms with Crippen molar-refractivity contribution < 1.29 is 19.0 Å². The van der Waals surface area contributed by atoms with Gasteiger partial charge >= 0.3 is 0 Å². The van der Waals surface area contributed by atoms with Crippen molar-refractivity contribution in [3.63, 3.8) is 0 Å². The molecule has 1 atom stereocenters. The minimum atomic E-state index is -0.0864. The number of nitrogens with one attached hydrogen (secondary N) is 1. The Morgan fingerprint density at radius 1 is 0.926 bits per heavy atom. The number of carbonyl (C=O) groups excluding carboxylic acids is 1. The summed E-state index contributed by atoms with van der Waals surface area (Å²) in [7, 11) is 0. The van der Waals surface area contributed by atoms with Crippen LogP contribution in [0.15, 0.2) is 36.4 Å². The van der Waals surface area contributed by atoms with Gasteiger partial charge in [-0.25, -0.2) is 0 Å². The van der Waals surface area contributed by atoms with Crippen molar-refractivity contribution in [2.75, 3.05) is 25.1 Å². The predicted octanol–water partition coefficient (Wildman–Crippen LogP) is 4.75. The maximum absolute atomic E-state index is 12.4. The van der Waals surface area contributed by atoms with Gasteiger partial charge in [-0.2, -0.15) is 0 Å². The molecule has 5 nitrogen and oxygen atoms in total. The zero-order valence-corrected chi connectivity index (χ0v) is 16.2. The van der Waals surface area contributed by atoms with E-state index >= 15 is 0 Å². The Morgan fingerprint density at radius 2 is 1.63 bits per heavy atom. The summed E-state index contributed by atoms with van der Waals surface area (Å²) in [6.45, 7) is 7.68. The molecule has 1 amide bonds. The standard InChI is InChI=1S/C22H27NO4/c1-4-11-27-19-10-8-7-9-15(19)16-13-22(24)23-18-14-21(26-6-3)20(25-5-2)12-17(16)18/h7-10,12,14,16H,4-6,11,13H2,1-3H3,(H,23,24)/t16-/m0/s1. The molecule has 27 heavy (non-hydrogen) atoms. The number of rotatable bonds is 8. The molecule has 0 unspecified atom stereocenters. The van der Waals surface area contributed by atoms with Crippen molar-refractivity contribution in [3.05, 3.63) is 47.5 Å². The average molecular weight is 369 g/mol. The number of anilines is 1. The number of hydrogen-bond donors (Lipinski definition) is 1. The summed E-state index contributed by atoms with van der Waals surface area (Å²) in [5.41, 5.74) is 2.82. The Morgan fingerprint density at radius 3 is 2.33 bits per heavy atom. The fourth-order valence-corrected chi connectivity index (χ4v) is 3.39. The molecule has 1 aliphatic rings. The van der Waals surface area contributed by atoms with Crippen LogP contribution in [-0.4, -0.2) is 25.7 Å². The summed E-state index contributed by atoms with van der Waals surface area (Å²) in [4.78, 5) is 12.4. The second-order valence-electron chi connectivity index (χ2n) is 6.44. The topological polar surface area (TPSA) is 56.8 Å². The van der Waals surface area contributed by atoms with E-state index in [0.29, 0.717) is 37.7 Å². The number of fused-ring (bicyclic) bond motifs is 1. The lowest BCUT2D eigenvalue weighted by Crippen LogP contribution is -2.24. The summed E-state index contributed by atoms with van der Waals surface area (Å²) in [5.74, 6) is 2.08. The summed E-state index contributed by atoms with van der Waals surface area (Å²) in [5, 5.41) is 2.98. The summed E-state index contributed by atoms with van der Waals surface area (Å²) >= 11 is 0. The zero-order chi connectivity index (χ0) is 19.2. The lowest BCUT2D eigenvalue weighted by molar-refractivity contribution is -0.116. The van der Waals surface area contributed by atoms with E-state index in [1.807, 2.05) is 50.2 Å². The maximum Gasteiger partial charge on any atom is 0.225 e. The highest BCUT2D eigenvalue weighted by molar-refractivity contribution is 5.96. The van der Waals surface area contributed by atoms with Gasteiger partial charge in [0.15, 0.2) is 11.5 Å². The first kappa shape index (κ1) is 19.1. The molecule has 1 aliphatic heterocycles. The Kier molecular flexibility index (Phi) is 6.22. The van der Waals surface area contributed by atoms with Crippen LogP contribution in [0.4, 0.5) is 5.69 Å². The highest BCUT2D eigenvalue weighted by Crippen LogP contribution is 2.45. The van der Waals surface area contributed by atoms with Gasteiger partial charge in [0.1, 0.15) is 5.75 Å². The van der Waals surface area contributed by atoms with Crippen LogP contribution in [-0.2, 0) is 4.79 Å². The largest absolute Gasteiger partial charge is 0.493 e. The van der Waals surface area contributed by atoms with Crippen LogP contribution in [0, 0.1) is 0 Å². The van der Waals surface area contributed by atoms with Gasteiger partial charge in [0.05, 0.1) is 19.8 Å². The van der Waals surface area contributed by atoms with Crippen LogP contribution in [0.5, 0.6) is 17.2 Å². The van der Waals surface area contributed by atoms with Crippen LogP contribution >= 0.6 is 0 Å². The van der Waals surface area contributed by atoms with Crippen molar-refractivity contribution in [3.8, 4) is 17.2 Å². The van der Waals surface area contributed by atoms with Gasteiger partial charge in [0.25, 0.3) is 0 Å². The van der Waals surface area contributed by atoms with Crippen molar-refractivity contribution in [1.29, 1.82) is 0 Å². The van der Waals surface area contributed by atoms with Crippen LogP contribution < -0.4 is 19.5 Å². The van der Waals surface area contributed by atoms with E-state index in [1.165, 1.54) is 0 Å². The Labute approximate surface area is 160 Å². The first-order chi connectivity index (χ1) is 13.2. The SMILES string of the molecule is CCCOc1ccccc1[C@@H]1CC(=O)Nc2cc(OCC)c(OCC)cc21. The quantitative estimate of drug-likeness (QED) is 0.730. The van der Waals surface area contributed by atoms with E-state index in [-0.39, 0.29) is 11.8 Å². The van der Waals surface area contributed by atoms with Gasteiger partial charge in [-0.05, 0) is 38.0 Å². The first-order valence-electron chi connectivity index (χ1n) is 9.63. The molecule has 0 aromatic heterocycles. The van der Waals surface area contributed by atoms with Gasteiger partial charge in [0, 0.05) is 29.7 Å². The summed E-state index contributed by atoms with van der Waals surface area (Å²) in [6, 6.07) is 11.8. The second-order valence-corrected chi connectivity index (χ2v) is 6.44. The molecule has 5 heteroatoms. The van der Waals surface area contributed by atoms with E-state index in [2.05, 4.69) is 12.2 Å². The van der Waals surface area contributed by atoms with Gasteiger partial charge < -0.3 is 19.5 Å². The highest BCUT2D eigenvalue weighted by atomic mass is 16.5. The van der Waals surface area contributed by atoms with Gasteiger partial charge in [0.2, 0.25) is 5.91 Å².